The number of aromatic nitrogens is 4. The Kier molecular flexibility index (Phi) is 4.62. The second-order valence-electron chi connectivity index (χ2n) is 6.44. The standard InChI is InChI=1S/C18H16F3N5O2/c19-18(20,21)13-4-1-3-12(9-13)16(27)28-10-14-5-2-8-25(14)15-6-7-22-17-23-11-24-26(15)17/h1,3-4,6-7,9,11,14H,2,5,8,10H2/t14-/m1/s1. The molecule has 1 atom stereocenters. The first-order chi connectivity index (χ1) is 13.4. The molecule has 10 heteroatoms. The molecule has 28 heavy (non-hydrogen) atoms. The van der Waals surface area contributed by atoms with Crippen LogP contribution in [0.15, 0.2) is 42.9 Å². The molecule has 3 heterocycles. The molecule has 0 radical (unpaired) electrons. The van der Waals surface area contributed by atoms with Crippen molar-refractivity contribution in [3.8, 4) is 0 Å². The van der Waals surface area contributed by atoms with Crippen LogP contribution in [0.2, 0.25) is 0 Å². The van der Waals surface area contributed by atoms with E-state index < -0.39 is 17.7 Å². The van der Waals surface area contributed by atoms with Gasteiger partial charge in [-0.2, -0.15) is 27.8 Å². The highest BCUT2D eigenvalue weighted by Gasteiger charge is 2.32. The van der Waals surface area contributed by atoms with Crippen molar-refractivity contribution in [2.24, 2.45) is 0 Å². The maximum Gasteiger partial charge on any atom is 0.416 e. The number of halogens is 3. The molecule has 3 aromatic rings. The highest BCUT2D eigenvalue weighted by Crippen LogP contribution is 2.30. The van der Waals surface area contributed by atoms with E-state index in [9.17, 15) is 18.0 Å². The number of carbonyl (C=O) groups is 1. The lowest BCUT2D eigenvalue weighted by Gasteiger charge is -2.26. The van der Waals surface area contributed by atoms with Crippen molar-refractivity contribution < 1.29 is 22.7 Å². The number of anilines is 1. The van der Waals surface area contributed by atoms with E-state index in [0.29, 0.717) is 5.78 Å². The molecule has 0 amide bonds. The number of nitrogens with zero attached hydrogens (tertiary/aromatic N) is 5. The Bertz CT molecular complexity index is 1000. The van der Waals surface area contributed by atoms with Gasteiger partial charge in [-0.1, -0.05) is 6.07 Å². The summed E-state index contributed by atoms with van der Waals surface area (Å²) in [5.41, 5.74) is -1.00. The number of carbonyl (C=O) groups excluding carboxylic acids is 1. The first-order valence-electron chi connectivity index (χ1n) is 8.69. The van der Waals surface area contributed by atoms with Crippen LogP contribution in [0, 0.1) is 0 Å². The van der Waals surface area contributed by atoms with E-state index in [1.165, 1.54) is 18.5 Å². The van der Waals surface area contributed by atoms with Crippen molar-refractivity contribution in [1.29, 1.82) is 0 Å². The van der Waals surface area contributed by atoms with Gasteiger partial charge >= 0.3 is 12.1 Å². The second-order valence-corrected chi connectivity index (χ2v) is 6.44. The van der Waals surface area contributed by atoms with E-state index in [4.69, 9.17) is 4.74 Å². The molecule has 1 saturated heterocycles. The molecule has 0 spiro atoms. The quantitative estimate of drug-likeness (QED) is 0.637. The molecule has 4 rings (SSSR count). The van der Waals surface area contributed by atoms with Gasteiger partial charge in [-0.25, -0.2) is 9.78 Å². The van der Waals surface area contributed by atoms with E-state index in [-0.39, 0.29) is 18.2 Å². The summed E-state index contributed by atoms with van der Waals surface area (Å²) >= 11 is 0. The smallest absolute Gasteiger partial charge is 0.416 e. The van der Waals surface area contributed by atoms with Gasteiger partial charge in [0, 0.05) is 12.7 Å². The highest BCUT2D eigenvalue weighted by molar-refractivity contribution is 5.89. The van der Waals surface area contributed by atoms with E-state index in [1.807, 2.05) is 4.90 Å². The molecule has 1 aromatic carbocycles. The summed E-state index contributed by atoms with van der Waals surface area (Å²) < 4.78 is 45.4. The number of rotatable bonds is 4. The molecule has 0 saturated carbocycles. The van der Waals surface area contributed by atoms with Crippen molar-refractivity contribution in [3.05, 3.63) is 54.0 Å². The monoisotopic (exact) mass is 391 g/mol. The van der Waals surface area contributed by atoms with Crippen LogP contribution in [0.4, 0.5) is 19.0 Å². The Morgan fingerprint density at radius 3 is 2.93 bits per heavy atom. The zero-order chi connectivity index (χ0) is 19.7. The van der Waals surface area contributed by atoms with Crippen molar-refractivity contribution >= 4 is 17.6 Å². The van der Waals surface area contributed by atoms with Crippen molar-refractivity contribution in [2.75, 3.05) is 18.1 Å². The fourth-order valence-corrected chi connectivity index (χ4v) is 3.33. The van der Waals surface area contributed by atoms with Gasteiger partial charge in [0.25, 0.3) is 5.78 Å². The molecule has 2 aromatic heterocycles. The fourth-order valence-electron chi connectivity index (χ4n) is 3.33. The number of benzene rings is 1. The Balaban J connectivity index is 1.47. The van der Waals surface area contributed by atoms with E-state index >= 15 is 0 Å². The number of esters is 1. The predicted molar refractivity (Wildman–Crippen MR) is 92.9 cm³/mol. The van der Waals surface area contributed by atoms with Crippen LogP contribution in [0.3, 0.4) is 0 Å². The summed E-state index contributed by atoms with van der Waals surface area (Å²) in [6.45, 7) is 0.804. The van der Waals surface area contributed by atoms with Gasteiger partial charge in [0.05, 0.1) is 17.2 Å². The second kappa shape index (κ2) is 7.10. The highest BCUT2D eigenvalue weighted by atomic mass is 19.4. The summed E-state index contributed by atoms with van der Waals surface area (Å²) in [6, 6.07) is 5.92. The third-order valence-corrected chi connectivity index (χ3v) is 4.66. The van der Waals surface area contributed by atoms with E-state index in [2.05, 4.69) is 15.1 Å². The summed E-state index contributed by atoms with van der Waals surface area (Å²) in [5.74, 6) is 0.461. The van der Waals surface area contributed by atoms with E-state index in [1.54, 1.807) is 16.8 Å². The van der Waals surface area contributed by atoms with Gasteiger partial charge in [0.1, 0.15) is 18.8 Å². The molecule has 7 nitrogen and oxygen atoms in total. The van der Waals surface area contributed by atoms with Crippen molar-refractivity contribution in [2.45, 2.75) is 25.1 Å². The Morgan fingerprint density at radius 1 is 1.25 bits per heavy atom. The first-order valence-corrected chi connectivity index (χ1v) is 8.69. The van der Waals surface area contributed by atoms with Gasteiger partial charge in [-0.15, -0.1) is 0 Å². The van der Waals surface area contributed by atoms with Gasteiger partial charge in [0.15, 0.2) is 0 Å². The molecule has 0 bridgehead atoms. The van der Waals surface area contributed by atoms with Crippen LogP contribution in [0.1, 0.15) is 28.8 Å². The average Bonchev–Trinajstić information content (AvgIpc) is 3.34. The zero-order valence-electron chi connectivity index (χ0n) is 14.6. The van der Waals surface area contributed by atoms with Gasteiger partial charge in [-0.3, -0.25) is 0 Å². The third kappa shape index (κ3) is 3.49. The predicted octanol–water partition coefficient (Wildman–Crippen LogP) is 2.97. The number of ether oxygens (including phenoxy) is 1. The summed E-state index contributed by atoms with van der Waals surface area (Å²) in [7, 11) is 0. The molecule has 146 valence electrons. The molecule has 1 aliphatic rings. The van der Waals surface area contributed by atoms with E-state index in [0.717, 1.165) is 37.3 Å². The van der Waals surface area contributed by atoms with Crippen molar-refractivity contribution in [3.63, 3.8) is 0 Å². The maximum atomic E-state index is 12.8. The van der Waals surface area contributed by atoms with Gasteiger partial charge in [-0.05, 0) is 37.1 Å². The largest absolute Gasteiger partial charge is 0.460 e. The fraction of sp³-hybridized carbons (Fsp3) is 0.333. The minimum atomic E-state index is -4.51. The maximum absolute atomic E-state index is 12.8. The number of alkyl halides is 3. The van der Waals surface area contributed by atoms with Crippen LogP contribution in [-0.2, 0) is 10.9 Å². The molecule has 0 aliphatic carbocycles. The normalized spacial score (nSPS) is 17.2. The summed E-state index contributed by atoms with van der Waals surface area (Å²) in [4.78, 5) is 22.5. The minimum Gasteiger partial charge on any atom is -0.460 e. The number of hydrogen-bond acceptors (Lipinski definition) is 6. The Labute approximate surface area is 157 Å². The lowest BCUT2D eigenvalue weighted by Crippen LogP contribution is -2.35. The Morgan fingerprint density at radius 2 is 2.11 bits per heavy atom. The third-order valence-electron chi connectivity index (χ3n) is 4.66. The van der Waals surface area contributed by atoms with Gasteiger partial charge in [0.2, 0.25) is 0 Å². The molecule has 1 fully saturated rings. The average molecular weight is 391 g/mol. The first kappa shape index (κ1) is 18.2. The van der Waals surface area contributed by atoms with Crippen LogP contribution < -0.4 is 4.90 Å². The van der Waals surface area contributed by atoms with Crippen LogP contribution >= 0.6 is 0 Å². The van der Waals surface area contributed by atoms with Crippen LogP contribution in [-0.4, -0.2) is 44.7 Å². The molecule has 0 N–H and O–H groups in total. The van der Waals surface area contributed by atoms with Crippen molar-refractivity contribution in [1.82, 2.24) is 19.6 Å². The Hall–Kier alpha value is -3.17. The SMILES string of the molecule is O=C(OC[C@H]1CCCN1c1ccnc2ncnn12)c1cccc(C(F)(F)F)c1. The zero-order valence-corrected chi connectivity index (χ0v) is 14.6. The van der Waals surface area contributed by atoms with Crippen LogP contribution in [0.25, 0.3) is 5.78 Å². The molecular formula is C18H16F3N5O2. The minimum absolute atomic E-state index is 0.0631. The lowest BCUT2D eigenvalue weighted by molar-refractivity contribution is -0.137. The number of fused-ring (bicyclic) bond motifs is 1. The van der Waals surface area contributed by atoms with Crippen LogP contribution in [0.5, 0.6) is 0 Å². The molecule has 0 unspecified atom stereocenters. The molecule has 1 aliphatic heterocycles. The summed E-state index contributed by atoms with van der Waals surface area (Å²) in [5, 5.41) is 4.16. The number of hydrogen-bond donors (Lipinski definition) is 0. The van der Waals surface area contributed by atoms with Gasteiger partial charge < -0.3 is 9.64 Å². The summed E-state index contributed by atoms with van der Waals surface area (Å²) in [6.07, 6.45) is 0.204. The molecular weight excluding hydrogens is 375 g/mol. The topological polar surface area (TPSA) is 72.6 Å². The lowest BCUT2D eigenvalue weighted by atomic mass is 10.1.